The maximum Gasteiger partial charge on any atom is 0.405 e. The van der Waals surface area contributed by atoms with Crippen LogP contribution < -0.4 is 5.32 Å². The Balaban J connectivity index is 3.80. The predicted octanol–water partition coefficient (Wildman–Crippen LogP) is -0.162. The normalized spacial score (nSPS) is 10.7. The van der Waals surface area contributed by atoms with Crippen LogP contribution in [-0.4, -0.2) is 31.7 Å². The van der Waals surface area contributed by atoms with Gasteiger partial charge in [-0.1, -0.05) is 0 Å². The number of carbonyl (C=O) groups excluding carboxylic acids is 2. The summed E-state index contributed by atoms with van der Waals surface area (Å²) in [5, 5.41) is 1.33. The quantitative estimate of drug-likeness (QED) is 0.456. The average molecular weight is 185 g/mol. The first-order valence-corrected chi connectivity index (χ1v) is 2.79. The third kappa shape index (κ3) is 4.53. The van der Waals surface area contributed by atoms with Crippen molar-refractivity contribution in [2.24, 2.45) is 0 Å². The fourth-order valence-electron chi connectivity index (χ4n) is 0.345. The Kier molecular flexibility index (Phi) is 3.52. The minimum absolute atomic E-state index is 0.898. The lowest BCUT2D eigenvalue weighted by Crippen LogP contribution is -2.38. The van der Waals surface area contributed by atoms with Crippen LogP contribution in [0.2, 0.25) is 0 Å². The zero-order valence-corrected chi connectivity index (χ0v) is 6.07. The van der Waals surface area contributed by atoms with Gasteiger partial charge >= 0.3 is 18.1 Å². The molecular weight excluding hydrogens is 179 g/mol. The molecule has 0 spiro atoms. The third-order valence-corrected chi connectivity index (χ3v) is 0.820. The summed E-state index contributed by atoms with van der Waals surface area (Å²) in [6.45, 7) is -1.54. The van der Waals surface area contributed by atoms with Crippen LogP contribution in [0, 0.1) is 0 Å². The van der Waals surface area contributed by atoms with Gasteiger partial charge in [-0.3, -0.25) is 4.79 Å². The van der Waals surface area contributed by atoms with Gasteiger partial charge < -0.3 is 10.1 Å². The maximum absolute atomic E-state index is 11.4. The molecule has 0 aliphatic rings. The van der Waals surface area contributed by atoms with E-state index in [-0.39, 0.29) is 0 Å². The molecule has 0 saturated carbocycles. The molecule has 1 amide bonds. The Morgan fingerprint density at radius 2 is 1.92 bits per heavy atom. The molecule has 0 aromatic heterocycles. The van der Waals surface area contributed by atoms with Crippen LogP contribution in [0.25, 0.3) is 0 Å². The topological polar surface area (TPSA) is 55.4 Å². The molecule has 4 nitrogen and oxygen atoms in total. The van der Waals surface area contributed by atoms with Crippen LogP contribution >= 0.6 is 0 Å². The number of rotatable bonds is 1. The van der Waals surface area contributed by atoms with E-state index in [2.05, 4.69) is 4.74 Å². The highest BCUT2D eigenvalue weighted by atomic mass is 19.4. The Labute approximate surface area is 65.7 Å². The van der Waals surface area contributed by atoms with Crippen molar-refractivity contribution < 1.29 is 27.5 Å². The minimum Gasteiger partial charge on any atom is -0.462 e. The van der Waals surface area contributed by atoms with Gasteiger partial charge in [0.05, 0.1) is 7.11 Å². The third-order valence-electron chi connectivity index (χ3n) is 0.820. The second-order valence-electron chi connectivity index (χ2n) is 1.79. The number of carbonyl (C=O) groups is 2. The van der Waals surface area contributed by atoms with Crippen LogP contribution in [0.3, 0.4) is 0 Å². The zero-order chi connectivity index (χ0) is 9.78. The fraction of sp³-hybridized carbons (Fsp3) is 0.600. The van der Waals surface area contributed by atoms with Crippen LogP contribution in [0.15, 0.2) is 0 Å². The largest absolute Gasteiger partial charge is 0.462 e. The summed E-state index contributed by atoms with van der Waals surface area (Å²) in [5.41, 5.74) is 0. The number of esters is 1. The van der Waals surface area contributed by atoms with E-state index in [4.69, 9.17) is 0 Å². The zero-order valence-electron chi connectivity index (χ0n) is 6.07. The predicted molar refractivity (Wildman–Crippen MR) is 31.1 cm³/mol. The van der Waals surface area contributed by atoms with Crippen LogP contribution in [0.4, 0.5) is 13.2 Å². The molecule has 0 heterocycles. The Hall–Kier alpha value is -1.27. The highest BCUT2D eigenvalue weighted by Crippen LogP contribution is 2.11. The molecule has 70 valence electrons. The number of hydrogen-bond acceptors (Lipinski definition) is 3. The number of alkyl halides is 3. The fourth-order valence-corrected chi connectivity index (χ4v) is 0.345. The van der Waals surface area contributed by atoms with Gasteiger partial charge in [0.1, 0.15) is 6.54 Å². The van der Waals surface area contributed by atoms with Gasteiger partial charge in [-0.2, -0.15) is 13.2 Å². The maximum atomic E-state index is 11.4. The van der Waals surface area contributed by atoms with E-state index in [0.717, 1.165) is 7.11 Å². The van der Waals surface area contributed by atoms with Gasteiger partial charge in [-0.05, 0) is 0 Å². The van der Waals surface area contributed by atoms with E-state index in [9.17, 15) is 22.8 Å². The average Bonchev–Trinajstić information content (AvgIpc) is 1.97. The molecule has 0 fully saturated rings. The number of nitrogens with one attached hydrogen (secondary N) is 1. The van der Waals surface area contributed by atoms with Crippen molar-refractivity contribution in [2.45, 2.75) is 6.18 Å². The van der Waals surface area contributed by atoms with E-state index in [1.165, 1.54) is 5.32 Å². The molecule has 0 aliphatic carbocycles. The number of methoxy groups -OCH3 is 1. The molecular formula is C5H6F3NO3. The van der Waals surface area contributed by atoms with Crippen LogP contribution in [0.1, 0.15) is 0 Å². The molecule has 0 radical (unpaired) electrons. The number of amides is 1. The molecule has 0 saturated heterocycles. The highest BCUT2D eigenvalue weighted by molar-refractivity contribution is 6.32. The molecule has 0 aromatic carbocycles. The minimum atomic E-state index is -4.52. The molecule has 12 heavy (non-hydrogen) atoms. The first-order chi connectivity index (χ1) is 5.37. The van der Waals surface area contributed by atoms with E-state index in [1.807, 2.05) is 0 Å². The van der Waals surface area contributed by atoms with Gasteiger partial charge in [0, 0.05) is 0 Å². The monoisotopic (exact) mass is 185 g/mol. The van der Waals surface area contributed by atoms with E-state index < -0.39 is 24.6 Å². The van der Waals surface area contributed by atoms with Gasteiger partial charge in [-0.25, -0.2) is 4.79 Å². The summed E-state index contributed by atoms with van der Waals surface area (Å²) < 4.78 is 38.1. The molecule has 0 bridgehead atoms. The molecule has 0 unspecified atom stereocenters. The lowest BCUT2D eigenvalue weighted by atomic mass is 10.5. The SMILES string of the molecule is COC(=O)C(=O)NCC(F)(F)F. The first-order valence-electron chi connectivity index (χ1n) is 2.79. The van der Waals surface area contributed by atoms with E-state index >= 15 is 0 Å². The van der Waals surface area contributed by atoms with Crippen molar-refractivity contribution in [3.63, 3.8) is 0 Å². The highest BCUT2D eigenvalue weighted by Gasteiger charge is 2.29. The summed E-state index contributed by atoms with van der Waals surface area (Å²) >= 11 is 0. The molecule has 0 atom stereocenters. The van der Waals surface area contributed by atoms with E-state index in [0.29, 0.717) is 0 Å². The molecule has 1 N–H and O–H groups in total. The summed E-state index contributed by atoms with van der Waals surface area (Å²) in [7, 11) is 0.898. The number of ether oxygens (including phenoxy) is 1. The lowest BCUT2D eigenvalue weighted by molar-refractivity contribution is -0.156. The van der Waals surface area contributed by atoms with Gasteiger partial charge in [0.2, 0.25) is 0 Å². The summed E-state index contributed by atoms with van der Waals surface area (Å²) in [5.74, 6) is -2.76. The smallest absolute Gasteiger partial charge is 0.405 e. The second-order valence-corrected chi connectivity index (χ2v) is 1.79. The van der Waals surface area contributed by atoms with Crippen molar-refractivity contribution >= 4 is 11.9 Å². The standard InChI is InChI=1S/C5H6F3NO3/c1-12-4(11)3(10)9-2-5(6,7)8/h2H2,1H3,(H,9,10). The lowest BCUT2D eigenvalue weighted by Gasteiger charge is -2.06. The van der Waals surface area contributed by atoms with Crippen LogP contribution in [0.5, 0.6) is 0 Å². The summed E-state index contributed by atoms with van der Waals surface area (Å²) in [6, 6.07) is 0. The Morgan fingerprint density at radius 1 is 1.42 bits per heavy atom. The molecule has 0 aromatic rings. The van der Waals surface area contributed by atoms with Crippen LogP contribution in [-0.2, 0) is 14.3 Å². The summed E-state index contributed by atoms with van der Waals surface area (Å²) in [6.07, 6.45) is -4.52. The second kappa shape index (κ2) is 3.93. The first kappa shape index (κ1) is 10.7. The molecule has 0 rings (SSSR count). The van der Waals surface area contributed by atoms with Crippen molar-refractivity contribution in [1.29, 1.82) is 0 Å². The number of hydrogen-bond donors (Lipinski definition) is 1. The van der Waals surface area contributed by atoms with Crippen molar-refractivity contribution in [1.82, 2.24) is 5.32 Å². The molecule has 0 aliphatic heterocycles. The van der Waals surface area contributed by atoms with Crippen molar-refractivity contribution in [3.05, 3.63) is 0 Å². The Morgan fingerprint density at radius 3 is 2.25 bits per heavy atom. The van der Waals surface area contributed by atoms with Gasteiger partial charge in [0.25, 0.3) is 0 Å². The van der Waals surface area contributed by atoms with Crippen molar-refractivity contribution in [3.8, 4) is 0 Å². The number of halogens is 3. The Bertz CT molecular complexity index is 189. The van der Waals surface area contributed by atoms with Crippen molar-refractivity contribution in [2.75, 3.05) is 13.7 Å². The van der Waals surface area contributed by atoms with E-state index in [1.54, 1.807) is 0 Å². The van der Waals surface area contributed by atoms with Gasteiger partial charge in [0.15, 0.2) is 0 Å². The summed E-state index contributed by atoms with van der Waals surface area (Å²) in [4.78, 5) is 20.6. The molecule has 7 heteroatoms. The van der Waals surface area contributed by atoms with Gasteiger partial charge in [-0.15, -0.1) is 0 Å².